The molecule has 1 fully saturated rings. The number of nitriles is 1. The lowest BCUT2D eigenvalue weighted by atomic mass is 10.0. The Bertz CT molecular complexity index is 1270. The van der Waals surface area contributed by atoms with Crippen LogP contribution in [0.1, 0.15) is 38.7 Å². The molecule has 2 aromatic rings. The fourth-order valence-electron chi connectivity index (χ4n) is 4.78. The van der Waals surface area contributed by atoms with Crippen molar-refractivity contribution in [3.8, 4) is 6.07 Å². The molecule has 0 bridgehead atoms. The normalized spacial score (nSPS) is 21.4. The highest BCUT2D eigenvalue weighted by Gasteiger charge is 2.37. The van der Waals surface area contributed by atoms with Gasteiger partial charge >= 0.3 is 0 Å². The number of fused-ring (bicyclic) bond motifs is 1. The third-order valence-corrected chi connectivity index (χ3v) is 6.85. The van der Waals surface area contributed by atoms with E-state index < -0.39 is 30.5 Å². The molecule has 1 amide bonds. The highest BCUT2D eigenvalue weighted by atomic mass is 16.7. The molecule has 222 valence electrons. The summed E-state index contributed by atoms with van der Waals surface area (Å²) in [6.45, 7) is 6.31. The minimum absolute atomic E-state index is 0.0226. The zero-order chi connectivity index (χ0) is 29.9. The number of benzene rings is 2. The van der Waals surface area contributed by atoms with Crippen molar-refractivity contribution in [3.05, 3.63) is 59.4 Å². The van der Waals surface area contributed by atoms with Crippen molar-refractivity contribution < 1.29 is 24.5 Å². The van der Waals surface area contributed by atoms with Gasteiger partial charge in [-0.2, -0.15) is 5.26 Å². The molecule has 7 N–H and O–H groups in total. The van der Waals surface area contributed by atoms with Gasteiger partial charge in [-0.1, -0.05) is 32.0 Å². The Morgan fingerprint density at radius 3 is 2.54 bits per heavy atom. The number of carbonyl (C=O) groups is 1. The van der Waals surface area contributed by atoms with Crippen LogP contribution < -0.4 is 21.8 Å². The largest absolute Gasteiger partial charge is 0.399 e. The van der Waals surface area contributed by atoms with Gasteiger partial charge in [-0.05, 0) is 53.5 Å². The van der Waals surface area contributed by atoms with Crippen molar-refractivity contribution in [2.75, 3.05) is 38.2 Å². The molecule has 41 heavy (non-hydrogen) atoms. The number of nitrogens with one attached hydrogen (secondary N) is 1. The van der Waals surface area contributed by atoms with Crippen LogP contribution in [0.4, 0.5) is 5.69 Å². The summed E-state index contributed by atoms with van der Waals surface area (Å²) < 4.78 is 10.7. The predicted octanol–water partition coefficient (Wildman–Crippen LogP) is 1.95. The van der Waals surface area contributed by atoms with Gasteiger partial charge in [0.2, 0.25) is 0 Å². The standard InChI is InChI=1S/C30H42N6O5/c1-4-10-35(11-5-2)25-9-8-21-12-20(6-7-22(21)14-25)13-23(16-31)30(39)34-17-24(32)18-36(33)19-27-29(38)26(37)15-28(40-3)41-27/h6-9,12-14,18,26-29,37-38H,4-5,10-11,15,17,19,32-33H2,1-3H3,(H,34,39)/b23-13+,24-18-/t26?,27?,28-,29-/m0/s1. The van der Waals surface area contributed by atoms with Gasteiger partial charge in [0, 0.05) is 44.2 Å². The van der Waals surface area contributed by atoms with Crippen LogP contribution in [0.2, 0.25) is 0 Å². The summed E-state index contributed by atoms with van der Waals surface area (Å²) in [5, 5.41) is 35.7. The van der Waals surface area contributed by atoms with Gasteiger partial charge in [-0.3, -0.25) is 4.79 Å². The fraction of sp³-hybridized carbons (Fsp3) is 0.467. The molecule has 2 unspecified atom stereocenters. The molecular formula is C30H42N6O5. The number of hydrogen-bond donors (Lipinski definition) is 5. The number of hydrazine groups is 1. The number of aliphatic hydroxyl groups is 2. The SMILES string of the molecule is CCCN(CCC)c1ccc2cc(/C=C(\C#N)C(=O)NC/C(N)=C/N(N)CC3O[C@H](OC)CC(O)[C@@H]3O)ccc2c1. The highest BCUT2D eigenvalue weighted by Crippen LogP contribution is 2.25. The van der Waals surface area contributed by atoms with Crippen LogP contribution in [-0.2, 0) is 14.3 Å². The lowest BCUT2D eigenvalue weighted by Crippen LogP contribution is -2.53. The third kappa shape index (κ3) is 8.91. The first-order valence-electron chi connectivity index (χ1n) is 13.9. The monoisotopic (exact) mass is 566 g/mol. The number of methoxy groups -OCH3 is 1. The van der Waals surface area contributed by atoms with E-state index in [1.54, 1.807) is 0 Å². The minimum Gasteiger partial charge on any atom is -0.399 e. The first kappa shape index (κ1) is 31.9. The summed E-state index contributed by atoms with van der Waals surface area (Å²) >= 11 is 0. The Balaban J connectivity index is 1.62. The molecule has 11 nitrogen and oxygen atoms in total. The second-order valence-corrected chi connectivity index (χ2v) is 10.2. The van der Waals surface area contributed by atoms with Crippen LogP contribution >= 0.6 is 0 Å². The second kappa shape index (κ2) is 15.4. The van der Waals surface area contributed by atoms with Gasteiger partial charge in [0.25, 0.3) is 5.91 Å². The van der Waals surface area contributed by atoms with Crippen molar-refractivity contribution in [1.82, 2.24) is 10.3 Å². The molecule has 1 aliphatic heterocycles. The Labute approximate surface area is 241 Å². The van der Waals surface area contributed by atoms with E-state index in [9.17, 15) is 20.3 Å². The number of carbonyl (C=O) groups excluding carboxylic acids is 1. The maximum Gasteiger partial charge on any atom is 0.262 e. The number of anilines is 1. The number of ether oxygens (including phenoxy) is 2. The summed E-state index contributed by atoms with van der Waals surface area (Å²) in [5.74, 6) is 5.41. The van der Waals surface area contributed by atoms with Crippen molar-refractivity contribution in [2.24, 2.45) is 11.6 Å². The van der Waals surface area contributed by atoms with Crippen molar-refractivity contribution in [1.29, 1.82) is 5.26 Å². The molecule has 0 radical (unpaired) electrons. The number of aliphatic hydroxyl groups excluding tert-OH is 2. The zero-order valence-electron chi connectivity index (χ0n) is 24.0. The first-order chi connectivity index (χ1) is 19.7. The molecule has 0 aromatic heterocycles. The average Bonchev–Trinajstić information content (AvgIpc) is 2.96. The smallest absolute Gasteiger partial charge is 0.262 e. The molecule has 1 aliphatic rings. The molecule has 1 saturated heterocycles. The van der Waals surface area contributed by atoms with E-state index in [4.69, 9.17) is 21.1 Å². The Morgan fingerprint density at radius 2 is 1.88 bits per heavy atom. The highest BCUT2D eigenvalue weighted by molar-refractivity contribution is 6.02. The van der Waals surface area contributed by atoms with Crippen LogP contribution in [0.3, 0.4) is 0 Å². The van der Waals surface area contributed by atoms with E-state index in [2.05, 4.69) is 42.3 Å². The second-order valence-electron chi connectivity index (χ2n) is 10.2. The van der Waals surface area contributed by atoms with Gasteiger partial charge in [0.05, 0.1) is 19.2 Å². The van der Waals surface area contributed by atoms with Crippen LogP contribution in [0.25, 0.3) is 16.8 Å². The number of nitrogens with zero attached hydrogens (tertiary/aromatic N) is 3. The van der Waals surface area contributed by atoms with Crippen LogP contribution in [-0.4, -0.2) is 79.0 Å². The molecule has 0 saturated carbocycles. The molecule has 2 aromatic carbocycles. The number of hydrogen-bond acceptors (Lipinski definition) is 10. The van der Waals surface area contributed by atoms with Crippen molar-refractivity contribution >= 4 is 28.4 Å². The molecule has 3 rings (SSSR count). The van der Waals surface area contributed by atoms with Gasteiger partial charge < -0.3 is 40.6 Å². The predicted molar refractivity (Wildman–Crippen MR) is 159 cm³/mol. The maximum absolute atomic E-state index is 12.7. The Hall–Kier alpha value is -3.66. The van der Waals surface area contributed by atoms with E-state index in [0.29, 0.717) is 0 Å². The number of nitrogens with two attached hydrogens (primary N) is 2. The van der Waals surface area contributed by atoms with Crippen LogP contribution in [0, 0.1) is 11.3 Å². The van der Waals surface area contributed by atoms with Crippen molar-refractivity contribution in [3.63, 3.8) is 0 Å². The number of rotatable bonds is 13. The summed E-state index contributed by atoms with van der Waals surface area (Å²) in [7, 11) is 1.45. The van der Waals surface area contributed by atoms with E-state index in [0.717, 1.165) is 42.3 Å². The fourth-order valence-corrected chi connectivity index (χ4v) is 4.78. The van der Waals surface area contributed by atoms with E-state index in [1.807, 2.05) is 24.3 Å². The third-order valence-electron chi connectivity index (χ3n) is 6.85. The Kier molecular flexibility index (Phi) is 11.9. The summed E-state index contributed by atoms with van der Waals surface area (Å²) in [6.07, 6.45) is 1.61. The number of amides is 1. The zero-order valence-corrected chi connectivity index (χ0v) is 24.0. The Morgan fingerprint density at radius 1 is 1.20 bits per heavy atom. The van der Waals surface area contributed by atoms with Crippen LogP contribution in [0.15, 0.2) is 53.9 Å². The van der Waals surface area contributed by atoms with Gasteiger partial charge in [0.1, 0.15) is 23.9 Å². The van der Waals surface area contributed by atoms with Gasteiger partial charge in [-0.25, -0.2) is 5.84 Å². The molecule has 1 heterocycles. The van der Waals surface area contributed by atoms with E-state index in [-0.39, 0.29) is 30.8 Å². The lowest BCUT2D eigenvalue weighted by Gasteiger charge is -2.37. The van der Waals surface area contributed by atoms with E-state index in [1.165, 1.54) is 30.1 Å². The topological polar surface area (TPSA) is 170 Å². The average molecular weight is 567 g/mol. The molecule has 0 aliphatic carbocycles. The maximum atomic E-state index is 12.7. The molecule has 4 atom stereocenters. The quantitative estimate of drug-likeness (QED) is 0.104. The van der Waals surface area contributed by atoms with Crippen molar-refractivity contribution in [2.45, 2.75) is 57.7 Å². The van der Waals surface area contributed by atoms with Gasteiger partial charge in [0.15, 0.2) is 6.29 Å². The first-order valence-corrected chi connectivity index (χ1v) is 13.9. The molecular weight excluding hydrogens is 524 g/mol. The summed E-state index contributed by atoms with van der Waals surface area (Å²) in [5.41, 5.74) is 8.08. The van der Waals surface area contributed by atoms with E-state index >= 15 is 0 Å². The van der Waals surface area contributed by atoms with Crippen LogP contribution in [0.5, 0.6) is 0 Å². The summed E-state index contributed by atoms with van der Waals surface area (Å²) in [6, 6.07) is 14.1. The van der Waals surface area contributed by atoms with Gasteiger partial charge in [-0.15, -0.1) is 0 Å². The lowest BCUT2D eigenvalue weighted by molar-refractivity contribution is -0.244. The summed E-state index contributed by atoms with van der Waals surface area (Å²) in [4.78, 5) is 15.1. The molecule has 11 heteroatoms. The minimum atomic E-state index is -1.14. The molecule has 0 spiro atoms.